The van der Waals surface area contributed by atoms with E-state index in [0.29, 0.717) is 6.42 Å². The van der Waals surface area contributed by atoms with Crippen molar-refractivity contribution in [3.63, 3.8) is 0 Å². The topological polar surface area (TPSA) is 49.3 Å². The second-order valence-corrected chi connectivity index (χ2v) is 5.90. The number of aliphatic hydroxyl groups is 1. The van der Waals surface area contributed by atoms with Gasteiger partial charge in [-0.05, 0) is 35.7 Å². The van der Waals surface area contributed by atoms with Crippen molar-refractivity contribution in [3.05, 3.63) is 69.7 Å². The van der Waals surface area contributed by atoms with E-state index in [2.05, 4.69) is 21.2 Å². The van der Waals surface area contributed by atoms with Crippen LogP contribution in [0.15, 0.2) is 53.0 Å². The largest absolute Gasteiger partial charge is 0.387 e. The lowest BCUT2D eigenvalue weighted by molar-refractivity contribution is -0.120. The number of rotatable bonds is 5. The molecular formula is C17H18BrNO2. The number of amides is 1. The van der Waals surface area contributed by atoms with Gasteiger partial charge in [0.15, 0.2) is 0 Å². The van der Waals surface area contributed by atoms with Gasteiger partial charge in [0.1, 0.15) is 0 Å². The van der Waals surface area contributed by atoms with Gasteiger partial charge in [0.25, 0.3) is 0 Å². The van der Waals surface area contributed by atoms with Crippen LogP contribution in [0.1, 0.15) is 22.8 Å². The zero-order valence-electron chi connectivity index (χ0n) is 11.8. The van der Waals surface area contributed by atoms with Gasteiger partial charge < -0.3 is 10.4 Å². The first-order chi connectivity index (χ1) is 10.1. The molecule has 0 spiro atoms. The minimum atomic E-state index is -0.680. The van der Waals surface area contributed by atoms with Gasteiger partial charge in [-0.15, -0.1) is 0 Å². The van der Waals surface area contributed by atoms with Gasteiger partial charge in [-0.25, -0.2) is 0 Å². The minimum absolute atomic E-state index is 0.0926. The molecule has 1 atom stereocenters. The van der Waals surface area contributed by atoms with Crippen LogP contribution in [0.5, 0.6) is 0 Å². The lowest BCUT2D eigenvalue weighted by Crippen LogP contribution is -2.29. The highest BCUT2D eigenvalue weighted by molar-refractivity contribution is 9.10. The molecule has 0 radical (unpaired) electrons. The highest BCUT2D eigenvalue weighted by atomic mass is 79.9. The van der Waals surface area contributed by atoms with Crippen LogP contribution in [0.3, 0.4) is 0 Å². The van der Waals surface area contributed by atoms with Crippen LogP contribution in [0.2, 0.25) is 0 Å². The molecular weight excluding hydrogens is 330 g/mol. The summed E-state index contributed by atoms with van der Waals surface area (Å²) in [5.74, 6) is -0.0926. The fourth-order valence-corrected chi connectivity index (χ4v) is 2.40. The van der Waals surface area contributed by atoms with Gasteiger partial charge in [0.05, 0.1) is 12.5 Å². The number of benzene rings is 2. The molecule has 2 rings (SSSR count). The summed E-state index contributed by atoms with van der Waals surface area (Å²) in [6.45, 7) is 2.17. The highest BCUT2D eigenvalue weighted by Gasteiger charge is 2.11. The smallest absolute Gasteiger partial charge is 0.224 e. The Balaban J connectivity index is 1.86. The number of halogens is 1. The van der Waals surface area contributed by atoms with Gasteiger partial charge in [-0.1, -0.05) is 52.3 Å². The minimum Gasteiger partial charge on any atom is -0.387 e. The third-order valence-corrected chi connectivity index (χ3v) is 3.85. The van der Waals surface area contributed by atoms with Crippen LogP contribution in [0, 0.1) is 6.92 Å². The number of carbonyl (C=O) groups excluding carboxylic acids is 1. The van der Waals surface area contributed by atoms with Gasteiger partial charge in [-0.2, -0.15) is 0 Å². The Morgan fingerprint density at radius 1 is 1.19 bits per heavy atom. The Kier molecular flexibility index (Phi) is 5.53. The molecule has 0 saturated carbocycles. The van der Waals surface area contributed by atoms with Crippen LogP contribution in [0.4, 0.5) is 0 Å². The molecule has 0 aliphatic heterocycles. The first-order valence-electron chi connectivity index (χ1n) is 6.81. The van der Waals surface area contributed by atoms with Crippen molar-refractivity contribution in [2.45, 2.75) is 19.4 Å². The summed E-state index contributed by atoms with van der Waals surface area (Å²) in [7, 11) is 0. The van der Waals surface area contributed by atoms with Crippen LogP contribution in [0.25, 0.3) is 0 Å². The molecule has 2 aromatic carbocycles. The maximum absolute atomic E-state index is 11.9. The summed E-state index contributed by atoms with van der Waals surface area (Å²) >= 11 is 3.36. The first kappa shape index (κ1) is 15.7. The fourth-order valence-electron chi connectivity index (χ4n) is 2.13. The lowest BCUT2D eigenvalue weighted by Gasteiger charge is -2.14. The van der Waals surface area contributed by atoms with Crippen LogP contribution in [-0.2, 0) is 11.2 Å². The molecule has 2 N–H and O–H groups in total. The monoisotopic (exact) mass is 347 g/mol. The van der Waals surface area contributed by atoms with Crippen LogP contribution >= 0.6 is 15.9 Å². The third kappa shape index (κ3) is 4.69. The molecule has 4 heteroatoms. The maximum atomic E-state index is 11.9. The van der Waals surface area contributed by atoms with Crippen molar-refractivity contribution in [2.24, 2.45) is 0 Å². The Morgan fingerprint density at radius 2 is 1.86 bits per heavy atom. The fraction of sp³-hybridized carbons (Fsp3) is 0.235. The van der Waals surface area contributed by atoms with Crippen molar-refractivity contribution in [2.75, 3.05) is 6.54 Å². The summed E-state index contributed by atoms with van der Waals surface area (Å²) in [5, 5.41) is 12.9. The molecule has 0 heterocycles. The van der Waals surface area contributed by atoms with E-state index < -0.39 is 6.10 Å². The molecule has 3 nitrogen and oxygen atoms in total. The SMILES string of the molecule is Cc1ccccc1C(O)CNC(=O)Cc1ccc(Br)cc1. The number of aryl methyl sites for hydroxylation is 1. The molecule has 2 aromatic rings. The zero-order valence-corrected chi connectivity index (χ0v) is 13.4. The highest BCUT2D eigenvalue weighted by Crippen LogP contribution is 2.16. The van der Waals surface area contributed by atoms with Crippen LogP contribution in [-0.4, -0.2) is 17.6 Å². The second kappa shape index (κ2) is 7.38. The van der Waals surface area contributed by atoms with Gasteiger partial charge in [0.2, 0.25) is 5.91 Å². The molecule has 1 unspecified atom stereocenters. The zero-order chi connectivity index (χ0) is 15.2. The third-order valence-electron chi connectivity index (χ3n) is 3.32. The molecule has 0 aromatic heterocycles. The maximum Gasteiger partial charge on any atom is 0.224 e. The molecule has 0 fully saturated rings. The second-order valence-electron chi connectivity index (χ2n) is 4.98. The first-order valence-corrected chi connectivity index (χ1v) is 7.60. The number of carbonyl (C=O) groups is 1. The van der Waals surface area contributed by atoms with Gasteiger partial charge in [0, 0.05) is 11.0 Å². The van der Waals surface area contributed by atoms with E-state index in [1.165, 1.54) is 0 Å². The molecule has 1 amide bonds. The van der Waals surface area contributed by atoms with Crippen molar-refractivity contribution in [1.82, 2.24) is 5.32 Å². The normalized spacial score (nSPS) is 12.0. The average molecular weight is 348 g/mol. The Morgan fingerprint density at radius 3 is 2.52 bits per heavy atom. The predicted octanol–water partition coefficient (Wildman–Crippen LogP) is 3.15. The number of aliphatic hydroxyl groups excluding tert-OH is 1. The van der Waals surface area contributed by atoms with E-state index in [0.717, 1.165) is 21.2 Å². The van der Waals surface area contributed by atoms with Crippen LogP contribution < -0.4 is 5.32 Å². The van der Waals surface area contributed by atoms with E-state index in [1.54, 1.807) is 0 Å². The molecule has 110 valence electrons. The molecule has 0 aliphatic rings. The summed E-state index contributed by atoms with van der Waals surface area (Å²) < 4.78 is 0.988. The predicted molar refractivity (Wildman–Crippen MR) is 87.0 cm³/mol. The summed E-state index contributed by atoms with van der Waals surface area (Å²) in [6, 6.07) is 15.3. The summed E-state index contributed by atoms with van der Waals surface area (Å²) in [5.41, 5.74) is 2.81. The van der Waals surface area contributed by atoms with Gasteiger partial charge in [-0.3, -0.25) is 4.79 Å². The lowest BCUT2D eigenvalue weighted by atomic mass is 10.0. The molecule has 0 aliphatic carbocycles. The van der Waals surface area contributed by atoms with Crippen molar-refractivity contribution in [1.29, 1.82) is 0 Å². The number of hydrogen-bond donors (Lipinski definition) is 2. The number of nitrogens with one attached hydrogen (secondary N) is 1. The Bertz CT molecular complexity index is 610. The molecule has 0 bridgehead atoms. The van der Waals surface area contributed by atoms with Gasteiger partial charge >= 0.3 is 0 Å². The average Bonchev–Trinajstić information content (AvgIpc) is 2.48. The van der Waals surface area contributed by atoms with E-state index >= 15 is 0 Å². The summed E-state index contributed by atoms with van der Waals surface area (Å²) in [4.78, 5) is 11.9. The molecule has 0 saturated heterocycles. The quantitative estimate of drug-likeness (QED) is 0.872. The Hall–Kier alpha value is -1.65. The van der Waals surface area contributed by atoms with Crippen molar-refractivity contribution < 1.29 is 9.90 Å². The van der Waals surface area contributed by atoms with E-state index in [1.807, 2.05) is 55.5 Å². The van der Waals surface area contributed by atoms with E-state index in [-0.39, 0.29) is 12.5 Å². The van der Waals surface area contributed by atoms with Crippen molar-refractivity contribution in [3.8, 4) is 0 Å². The molecule has 21 heavy (non-hydrogen) atoms. The Labute approximate surface area is 133 Å². The number of hydrogen-bond acceptors (Lipinski definition) is 2. The summed E-state index contributed by atoms with van der Waals surface area (Å²) in [6.07, 6.45) is -0.367. The van der Waals surface area contributed by atoms with E-state index in [4.69, 9.17) is 0 Å². The van der Waals surface area contributed by atoms with E-state index in [9.17, 15) is 9.90 Å². The standard InChI is InChI=1S/C17H18BrNO2/c1-12-4-2-3-5-15(12)16(20)11-19-17(21)10-13-6-8-14(18)9-7-13/h2-9,16,20H,10-11H2,1H3,(H,19,21). The van der Waals surface area contributed by atoms with Crippen molar-refractivity contribution >= 4 is 21.8 Å².